The van der Waals surface area contributed by atoms with Crippen LogP contribution in [-0.2, 0) is 4.79 Å². The van der Waals surface area contributed by atoms with Gasteiger partial charge in [-0.2, -0.15) is 0 Å². The highest BCUT2D eigenvalue weighted by Gasteiger charge is 2.30. The quantitative estimate of drug-likeness (QED) is 0.556. The van der Waals surface area contributed by atoms with Gasteiger partial charge >= 0.3 is 0 Å². The minimum absolute atomic E-state index is 0.393. The molecule has 1 aromatic rings. The van der Waals surface area contributed by atoms with Crippen molar-refractivity contribution in [3.63, 3.8) is 0 Å². The number of hydrogen-bond donors (Lipinski definition) is 1. The minimum Gasteiger partial charge on any atom is -0.321 e. The molecule has 7 heteroatoms. The lowest BCUT2D eigenvalue weighted by molar-refractivity contribution is -0.115. The monoisotopic (exact) mass is 397 g/mol. The van der Waals surface area contributed by atoms with E-state index >= 15 is 0 Å². The van der Waals surface area contributed by atoms with Crippen LogP contribution in [0.15, 0.2) is 18.2 Å². The van der Waals surface area contributed by atoms with Crippen LogP contribution >= 0.6 is 69.0 Å². The Hall–Kier alpha value is 0.580. The summed E-state index contributed by atoms with van der Waals surface area (Å²) in [4.78, 5) is 11.3. The van der Waals surface area contributed by atoms with Crippen molar-refractivity contribution in [2.75, 3.05) is 5.32 Å². The Kier molecular flexibility index (Phi) is 4.80. The van der Waals surface area contributed by atoms with Gasteiger partial charge in [0.15, 0.2) is 0 Å². The molecule has 0 spiro atoms. The van der Waals surface area contributed by atoms with Crippen LogP contribution in [0.2, 0.25) is 5.02 Å². The normalized spacial score (nSPS) is 11.3. The summed E-state index contributed by atoms with van der Waals surface area (Å²) in [6, 6.07) is 5.11. The van der Waals surface area contributed by atoms with Crippen LogP contribution in [0.1, 0.15) is 0 Å². The van der Waals surface area contributed by atoms with E-state index in [1.54, 1.807) is 18.2 Å². The summed E-state index contributed by atoms with van der Waals surface area (Å²) in [7, 11) is 0. The first-order valence-corrected chi connectivity index (χ1v) is 6.23. The van der Waals surface area contributed by atoms with Crippen LogP contribution in [-0.4, -0.2) is 9.70 Å². The number of alkyl halides is 3. The fourth-order valence-electron chi connectivity index (χ4n) is 0.784. The SMILES string of the molecule is O=C(Nc1ccc(I)cc1Cl)C(Cl)(Cl)Cl. The second-order valence-electron chi connectivity index (χ2n) is 2.58. The number of hydrogen-bond acceptors (Lipinski definition) is 1. The van der Waals surface area contributed by atoms with Crippen LogP contribution in [0.25, 0.3) is 0 Å². The van der Waals surface area contributed by atoms with E-state index in [1.165, 1.54) is 0 Å². The van der Waals surface area contributed by atoms with Gasteiger partial charge in [0, 0.05) is 3.57 Å². The Morgan fingerprint density at radius 1 is 1.33 bits per heavy atom. The van der Waals surface area contributed by atoms with Crippen molar-refractivity contribution in [3.8, 4) is 0 Å². The first kappa shape index (κ1) is 13.6. The largest absolute Gasteiger partial charge is 0.321 e. The number of benzene rings is 1. The van der Waals surface area contributed by atoms with Gasteiger partial charge in [0.2, 0.25) is 0 Å². The molecule has 0 radical (unpaired) electrons. The zero-order valence-corrected chi connectivity index (χ0v) is 12.2. The van der Waals surface area contributed by atoms with E-state index in [9.17, 15) is 4.79 Å². The molecule has 0 aromatic heterocycles. The molecule has 0 saturated heterocycles. The summed E-state index contributed by atoms with van der Waals surface area (Å²) < 4.78 is -1.05. The van der Waals surface area contributed by atoms with Crippen LogP contribution in [0, 0.1) is 3.57 Å². The van der Waals surface area contributed by atoms with Crippen LogP contribution in [0.4, 0.5) is 5.69 Å². The summed E-state index contributed by atoms with van der Waals surface area (Å²) in [6.45, 7) is 0. The zero-order valence-electron chi connectivity index (χ0n) is 7.03. The van der Waals surface area contributed by atoms with E-state index in [-0.39, 0.29) is 0 Å². The molecule has 0 atom stereocenters. The fourth-order valence-corrected chi connectivity index (χ4v) is 1.83. The molecule has 0 unspecified atom stereocenters. The summed E-state index contributed by atoms with van der Waals surface area (Å²) in [5.74, 6) is -0.740. The third-order valence-corrected chi connectivity index (χ3v) is 2.94. The molecular weight excluding hydrogens is 395 g/mol. The first-order valence-electron chi connectivity index (χ1n) is 3.64. The predicted octanol–water partition coefficient (Wildman–Crippen LogP) is 4.25. The van der Waals surface area contributed by atoms with Gasteiger partial charge in [-0.3, -0.25) is 4.79 Å². The second kappa shape index (κ2) is 5.27. The summed E-state index contributed by atoms with van der Waals surface area (Å²) in [5.41, 5.74) is 0.411. The van der Waals surface area contributed by atoms with E-state index in [0.717, 1.165) is 3.57 Å². The molecule has 82 valence electrons. The van der Waals surface area contributed by atoms with Gasteiger partial charge in [0.1, 0.15) is 0 Å². The zero-order chi connectivity index (χ0) is 11.6. The van der Waals surface area contributed by atoms with Crippen molar-refractivity contribution in [3.05, 3.63) is 26.8 Å². The maximum atomic E-state index is 11.3. The molecular formula is C8H4Cl4INO. The van der Waals surface area contributed by atoms with Crippen molar-refractivity contribution in [1.29, 1.82) is 0 Å². The van der Waals surface area contributed by atoms with Crippen molar-refractivity contribution < 1.29 is 4.79 Å². The molecule has 1 N–H and O–H groups in total. The van der Waals surface area contributed by atoms with E-state index in [0.29, 0.717) is 10.7 Å². The molecule has 1 rings (SSSR count). The average Bonchev–Trinajstić information content (AvgIpc) is 2.08. The Labute approximate surface area is 120 Å². The Bertz CT molecular complexity index is 391. The lowest BCUT2D eigenvalue weighted by Crippen LogP contribution is -2.27. The van der Waals surface area contributed by atoms with Gasteiger partial charge in [-0.25, -0.2) is 0 Å². The maximum Gasteiger partial charge on any atom is 0.276 e. The third kappa shape index (κ3) is 4.15. The van der Waals surface area contributed by atoms with Crippen molar-refractivity contribution >= 4 is 80.6 Å². The molecule has 0 bridgehead atoms. The summed E-state index contributed by atoms with van der Waals surface area (Å²) in [6.07, 6.45) is 0. The maximum absolute atomic E-state index is 11.3. The van der Waals surface area contributed by atoms with Gasteiger partial charge < -0.3 is 5.32 Å². The summed E-state index contributed by atoms with van der Waals surface area (Å²) in [5, 5.41) is 2.80. The number of carbonyl (C=O) groups excluding carboxylic acids is 1. The molecule has 0 saturated carbocycles. The Balaban J connectivity index is 2.87. The third-order valence-electron chi connectivity index (χ3n) is 1.44. The van der Waals surface area contributed by atoms with Gasteiger partial charge in [-0.1, -0.05) is 46.4 Å². The van der Waals surface area contributed by atoms with Crippen LogP contribution < -0.4 is 5.32 Å². The highest BCUT2D eigenvalue weighted by atomic mass is 127. The highest BCUT2D eigenvalue weighted by molar-refractivity contribution is 14.1. The van der Waals surface area contributed by atoms with Crippen LogP contribution in [0.3, 0.4) is 0 Å². The van der Waals surface area contributed by atoms with Crippen molar-refractivity contribution in [1.82, 2.24) is 0 Å². The van der Waals surface area contributed by atoms with Gasteiger partial charge in [-0.05, 0) is 40.8 Å². The second-order valence-corrected chi connectivity index (χ2v) is 6.51. The van der Waals surface area contributed by atoms with Gasteiger partial charge in [0.25, 0.3) is 9.70 Å². The van der Waals surface area contributed by atoms with Gasteiger partial charge in [0.05, 0.1) is 10.7 Å². The molecule has 1 amide bonds. The molecule has 0 heterocycles. The number of rotatable bonds is 1. The van der Waals surface area contributed by atoms with E-state index in [1.807, 2.05) is 0 Å². The molecule has 0 fully saturated rings. The summed E-state index contributed by atoms with van der Waals surface area (Å²) >= 11 is 24.1. The van der Waals surface area contributed by atoms with Gasteiger partial charge in [-0.15, -0.1) is 0 Å². The molecule has 2 nitrogen and oxygen atoms in total. The number of amides is 1. The Morgan fingerprint density at radius 3 is 2.40 bits per heavy atom. The molecule has 0 aliphatic carbocycles. The topological polar surface area (TPSA) is 29.1 Å². The van der Waals surface area contributed by atoms with Crippen molar-refractivity contribution in [2.45, 2.75) is 3.79 Å². The van der Waals surface area contributed by atoms with E-state index < -0.39 is 9.70 Å². The molecule has 0 aliphatic heterocycles. The first-order chi connectivity index (χ1) is 6.80. The van der Waals surface area contributed by atoms with Crippen molar-refractivity contribution in [2.24, 2.45) is 0 Å². The number of halogens is 5. The lowest BCUT2D eigenvalue weighted by Gasteiger charge is -2.12. The Morgan fingerprint density at radius 2 is 1.93 bits per heavy atom. The standard InChI is InChI=1S/C8H4Cl4INO/c9-5-3-4(13)1-2-6(5)14-7(15)8(10,11)12/h1-3H,(H,14,15). The average molecular weight is 399 g/mol. The lowest BCUT2D eigenvalue weighted by atomic mass is 10.3. The van der Waals surface area contributed by atoms with Crippen LogP contribution in [0.5, 0.6) is 0 Å². The minimum atomic E-state index is -1.99. The smallest absolute Gasteiger partial charge is 0.276 e. The number of anilines is 1. The number of carbonyl (C=O) groups is 1. The molecule has 0 aliphatic rings. The number of nitrogens with one attached hydrogen (secondary N) is 1. The van der Waals surface area contributed by atoms with E-state index in [4.69, 9.17) is 46.4 Å². The predicted molar refractivity (Wildman–Crippen MR) is 73.1 cm³/mol. The molecule has 15 heavy (non-hydrogen) atoms. The highest BCUT2D eigenvalue weighted by Crippen LogP contribution is 2.30. The fraction of sp³-hybridized carbons (Fsp3) is 0.125. The molecule has 1 aromatic carbocycles. The van der Waals surface area contributed by atoms with E-state index in [2.05, 4.69) is 27.9 Å².